The molecule has 1 aromatic heterocycles. The van der Waals surface area contributed by atoms with Gasteiger partial charge in [-0.2, -0.15) is 0 Å². The minimum Gasteiger partial charge on any atom is -0.444 e. The first-order valence-corrected chi connectivity index (χ1v) is 6.69. The zero-order valence-electron chi connectivity index (χ0n) is 10.8. The highest BCUT2D eigenvalue weighted by molar-refractivity contribution is 9.10. The van der Waals surface area contributed by atoms with E-state index in [0.29, 0.717) is 10.2 Å². The van der Waals surface area contributed by atoms with Crippen LogP contribution in [0.4, 0.5) is 10.5 Å². The number of aryl methyl sites for hydroxylation is 1. The van der Waals surface area contributed by atoms with Crippen molar-refractivity contribution in [3.05, 3.63) is 63.0 Å². The second-order valence-electron chi connectivity index (χ2n) is 4.17. The second-order valence-corrected chi connectivity index (χ2v) is 5.03. The maximum Gasteiger partial charge on any atom is 0.411 e. The van der Waals surface area contributed by atoms with E-state index >= 15 is 0 Å². The molecular weight excluding hydrogens is 324 g/mol. The van der Waals surface area contributed by atoms with Crippen molar-refractivity contribution in [3.63, 3.8) is 0 Å². The number of benzene rings is 1. The van der Waals surface area contributed by atoms with Gasteiger partial charge < -0.3 is 9.30 Å². The van der Waals surface area contributed by atoms with Crippen molar-refractivity contribution < 1.29 is 9.53 Å². The number of halogens is 1. The number of amides is 1. The van der Waals surface area contributed by atoms with Crippen LogP contribution in [0.3, 0.4) is 0 Å². The van der Waals surface area contributed by atoms with E-state index < -0.39 is 6.09 Å². The van der Waals surface area contributed by atoms with Crippen molar-refractivity contribution >= 4 is 27.7 Å². The molecule has 2 rings (SSSR count). The van der Waals surface area contributed by atoms with Crippen LogP contribution in [0.2, 0.25) is 0 Å². The number of carbonyl (C=O) groups excluding carboxylic acids is 1. The third-order valence-corrected chi connectivity index (χ3v) is 3.26. The summed E-state index contributed by atoms with van der Waals surface area (Å²) in [6, 6.07) is 10.7. The Balaban J connectivity index is 1.98. The summed E-state index contributed by atoms with van der Waals surface area (Å²) < 4.78 is 7.09. The molecule has 0 saturated carbocycles. The Morgan fingerprint density at radius 2 is 2.05 bits per heavy atom. The van der Waals surface area contributed by atoms with Crippen molar-refractivity contribution in [2.75, 3.05) is 5.32 Å². The molecular formula is C14H13BrN2O3. The number of nitrogens with zero attached hydrogens (tertiary/aromatic N) is 1. The fourth-order valence-corrected chi connectivity index (χ4v) is 2.08. The minimum atomic E-state index is -0.609. The van der Waals surface area contributed by atoms with Gasteiger partial charge in [-0.25, -0.2) is 4.79 Å². The van der Waals surface area contributed by atoms with E-state index in [1.54, 1.807) is 13.2 Å². The molecule has 0 aliphatic rings. The highest BCUT2D eigenvalue weighted by atomic mass is 79.9. The molecule has 1 aromatic carbocycles. The first-order chi connectivity index (χ1) is 9.56. The van der Waals surface area contributed by atoms with Gasteiger partial charge >= 0.3 is 6.09 Å². The predicted molar refractivity (Wildman–Crippen MR) is 79.6 cm³/mol. The number of aromatic nitrogens is 1. The van der Waals surface area contributed by atoms with Crippen molar-refractivity contribution in [2.45, 2.75) is 6.61 Å². The minimum absolute atomic E-state index is 0.176. The van der Waals surface area contributed by atoms with E-state index in [2.05, 4.69) is 21.2 Å². The molecule has 1 heterocycles. The third-order valence-electron chi connectivity index (χ3n) is 2.63. The predicted octanol–water partition coefficient (Wildman–Crippen LogP) is 2.90. The highest BCUT2D eigenvalue weighted by Gasteiger charge is 2.08. The largest absolute Gasteiger partial charge is 0.444 e. The van der Waals surface area contributed by atoms with Gasteiger partial charge in [0.2, 0.25) is 0 Å². The fourth-order valence-electron chi connectivity index (χ4n) is 1.56. The average Bonchev–Trinajstić information content (AvgIpc) is 2.44. The van der Waals surface area contributed by atoms with Gasteiger partial charge in [-0.15, -0.1) is 0 Å². The lowest BCUT2D eigenvalue weighted by molar-refractivity contribution is 0.155. The average molecular weight is 337 g/mol. The van der Waals surface area contributed by atoms with Gasteiger partial charge in [0.15, 0.2) is 0 Å². The Hall–Kier alpha value is -2.08. The van der Waals surface area contributed by atoms with Crippen molar-refractivity contribution in [1.82, 2.24) is 4.57 Å². The van der Waals surface area contributed by atoms with Crippen LogP contribution >= 0.6 is 15.9 Å². The standard InChI is InChI=1S/C14H13BrN2O3/c1-17-8-11(15)12(7-13(17)18)16-14(19)20-9-10-5-3-2-4-6-10/h2-8H,9H2,1H3,(H,16,19). The van der Waals surface area contributed by atoms with Crippen LogP contribution in [0.5, 0.6) is 0 Å². The monoisotopic (exact) mass is 336 g/mol. The van der Waals surface area contributed by atoms with Crippen LogP contribution in [0.25, 0.3) is 0 Å². The van der Waals surface area contributed by atoms with E-state index in [4.69, 9.17) is 4.74 Å². The van der Waals surface area contributed by atoms with Gasteiger partial charge in [0.25, 0.3) is 5.56 Å². The summed E-state index contributed by atoms with van der Waals surface area (Å²) in [5, 5.41) is 2.53. The van der Waals surface area contributed by atoms with E-state index in [1.807, 2.05) is 30.3 Å². The normalized spacial score (nSPS) is 10.1. The van der Waals surface area contributed by atoms with E-state index in [-0.39, 0.29) is 12.2 Å². The molecule has 20 heavy (non-hydrogen) atoms. The molecule has 0 radical (unpaired) electrons. The van der Waals surface area contributed by atoms with Crippen LogP contribution in [-0.2, 0) is 18.4 Å². The van der Waals surface area contributed by atoms with Crippen LogP contribution in [0.1, 0.15) is 5.56 Å². The quantitative estimate of drug-likeness (QED) is 0.937. The molecule has 0 fully saturated rings. The summed E-state index contributed by atoms with van der Waals surface area (Å²) in [5.74, 6) is 0. The zero-order valence-corrected chi connectivity index (χ0v) is 12.4. The molecule has 2 aromatic rings. The van der Waals surface area contributed by atoms with Gasteiger partial charge in [-0.1, -0.05) is 30.3 Å². The fraction of sp³-hybridized carbons (Fsp3) is 0.143. The van der Waals surface area contributed by atoms with E-state index in [0.717, 1.165) is 5.56 Å². The number of anilines is 1. The summed E-state index contributed by atoms with van der Waals surface area (Å²) >= 11 is 3.28. The lowest BCUT2D eigenvalue weighted by Gasteiger charge is -2.09. The molecule has 0 bridgehead atoms. The molecule has 0 atom stereocenters. The first kappa shape index (κ1) is 14.3. The number of pyridine rings is 1. The number of hydrogen-bond donors (Lipinski definition) is 1. The molecule has 1 N–H and O–H groups in total. The number of hydrogen-bond acceptors (Lipinski definition) is 3. The Morgan fingerprint density at radius 1 is 1.35 bits per heavy atom. The van der Waals surface area contributed by atoms with Crippen LogP contribution in [0.15, 0.2) is 51.9 Å². The topological polar surface area (TPSA) is 60.3 Å². The molecule has 0 saturated heterocycles. The summed E-state index contributed by atoms with van der Waals surface area (Å²) in [5.41, 5.74) is 1.06. The highest BCUT2D eigenvalue weighted by Crippen LogP contribution is 2.19. The zero-order chi connectivity index (χ0) is 14.5. The third kappa shape index (κ3) is 3.71. The molecule has 0 unspecified atom stereocenters. The Labute approximate surface area is 124 Å². The molecule has 0 spiro atoms. The number of nitrogens with one attached hydrogen (secondary N) is 1. The number of rotatable bonds is 3. The molecule has 0 aliphatic carbocycles. The van der Waals surface area contributed by atoms with Gasteiger partial charge in [0, 0.05) is 19.3 Å². The van der Waals surface area contributed by atoms with Crippen LogP contribution in [0, 0.1) is 0 Å². The second kappa shape index (κ2) is 6.38. The summed E-state index contributed by atoms with van der Waals surface area (Å²) in [6.45, 7) is 0.176. The first-order valence-electron chi connectivity index (χ1n) is 5.90. The summed E-state index contributed by atoms with van der Waals surface area (Å²) in [6.07, 6.45) is 0.970. The van der Waals surface area contributed by atoms with Crippen LogP contribution in [-0.4, -0.2) is 10.7 Å². The summed E-state index contributed by atoms with van der Waals surface area (Å²) in [7, 11) is 1.63. The van der Waals surface area contributed by atoms with E-state index in [1.165, 1.54) is 10.6 Å². The maximum atomic E-state index is 11.7. The molecule has 1 amide bonds. The van der Waals surface area contributed by atoms with Gasteiger partial charge in [-0.05, 0) is 21.5 Å². The Morgan fingerprint density at radius 3 is 2.75 bits per heavy atom. The van der Waals surface area contributed by atoms with Crippen molar-refractivity contribution in [2.24, 2.45) is 7.05 Å². The molecule has 6 heteroatoms. The van der Waals surface area contributed by atoms with Crippen molar-refractivity contribution in [3.8, 4) is 0 Å². The van der Waals surface area contributed by atoms with Crippen molar-refractivity contribution in [1.29, 1.82) is 0 Å². The van der Waals surface area contributed by atoms with Gasteiger partial charge in [0.1, 0.15) is 6.61 Å². The van der Waals surface area contributed by atoms with Crippen LogP contribution < -0.4 is 10.9 Å². The smallest absolute Gasteiger partial charge is 0.411 e. The summed E-state index contributed by atoms with van der Waals surface area (Å²) in [4.78, 5) is 23.2. The molecule has 0 aliphatic heterocycles. The number of carbonyl (C=O) groups is 1. The Bertz CT molecular complexity index is 668. The molecule has 5 nitrogen and oxygen atoms in total. The SMILES string of the molecule is Cn1cc(Br)c(NC(=O)OCc2ccccc2)cc1=O. The van der Waals surface area contributed by atoms with E-state index in [9.17, 15) is 9.59 Å². The number of ether oxygens (including phenoxy) is 1. The maximum absolute atomic E-state index is 11.7. The lowest BCUT2D eigenvalue weighted by atomic mass is 10.2. The molecule has 104 valence electrons. The van der Waals surface area contributed by atoms with Gasteiger partial charge in [0.05, 0.1) is 10.2 Å². The lowest BCUT2D eigenvalue weighted by Crippen LogP contribution is -2.19. The Kier molecular flexibility index (Phi) is 4.57. The van der Waals surface area contributed by atoms with Gasteiger partial charge in [-0.3, -0.25) is 10.1 Å².